The average molecular weight is 309 g/mol. The summed E-state index contributed by atoms with van der Waals surface area (Å²) in [5.41, 5.74) is 9.16. The molecular formula is C17H15N3OS. The summed E-state index contributed by atoms with van der Waals surface area (Å²) < 4.78 is 0. The fraction of sp³-hybridized carbons (Fsp3) is 0.0588. The Balaban J connectivity index is 1.71. The van der Waals surface area contributed by atoms with Gasteiger partial charge in [-0.15, -0.1) is 11.3 Å². The summed E-state index contributed by atoms with van der Waals surface area (Å²) >= 11 is 1.40. The highest BCUT2D eigenvalue weighted by Gasteiger charge is 2.06. The van der Waals surface area contributed by atoms with Crippen molar-refractivity contribution >= 4 is 28.1 Å². The molecule has 5 heteroatoms. The Morgan fingerprint density at radius 3 is 2.68 bits per heavy atom. The van der Waals surface area contributed by atoms with Gasteiger partial charge in [0.05, 0.1) is 12.1 Å². The number of carbonyl (C=O) groups is 1. The standard InChI is InChI=1S/C17H15N3OS/c18-17-20-15(11-22-17)13-7-4-8-14(10-13)19-16(21)9-12-5-2-1-3-6-12/h1-8,10-11H,9H2,(H2,18,20)(H,19,21). The van der Waals surface area contributed by atoms with Crippen LogP contribution in [0.3, 0.4) is 0 Å². The number of thiazole rings is 1. The molecule has 22 heavy (non-hydrogen) atoms. The maximum atomic E-state index is 12.1. The van der Waals surface area contributed by atoms with E-state index >= 15 is 0 Å². The summed E-state index contributed by atoms with van der Waals surface area (Å²) in [6, 6.07) is 17.3. The predicted octanol–water partition coefficient (Wildman–Crippen LogP) is 3.57. The van der Waals surface area contributed by atoms with E-state index in [0.717, 1.165) is 22.5 Å². The minimum Gasteiger partial charge on any atom is -0.375 e. The van der Waals surface area contributed by atoms with Crippen LogP contribution in [0.4, 0.5) is 10.8 Å². The molecule has 0 saturated carbocycles. The number of hydrogen-bond acceptors (Lipinski definition) is 4. The van der Waals surface area contributed by atoms with Crippen molar-refractivity contribution in [3.8, 4) is 11.3 Å². The maximum Gasteiger partial charge on any atom is 0.228 e. The number of carbonyl (C=O) groups excluding carboxylic acids is 1. The number of benzene rings is 2. The van der Waals surface area contributed by atoms with E-state index in [-0.39, 0.29) is 5.91 Å². The number of anilines is 2. The van der Waals surface area contributed by atoms with E-state index in [9.17, 15) is 4.79 Å². The number of nitrogens with zero attached hydrogens (tertiary/aromatic N) is 1. The van der Waals surface area contributed by atoms with E-state index in [1.54, 1.807) is 0 Å². The molecule has 1 aromatic heterocycles. The van der Waals surface area contributed by atoms with Crippen molar-refractivity contribution in [2.45, 2.75) is 6.42 Å². The first-order valence-corrected chi connectivity index (χ1v) is 7.74. The molecule has 0 unspecified atom stereocenters. The lowest BCUT2D eigenvalue weighted by atomic mass is 10.1. The van der Waals surface area contributed by atoms with Crippen LogP contribution in [-0.2, 0) is 11.2 Å². The summed E-state index contributed by atoms with van der Waals surface area (Å²) in [5.74, 6) is -0.0406. The zero-order valence-electron chi connectivity index (χ0n) is 11.8. The summed E-state index contributed by atoms with van der Waals surface area (Å²) in [4.78, 5) is 16.3. The molecule has 3 N–H and O–H groups in total. The highest BCUT2D eigenvalue weighted by Crippen LogP contribution is 2.25. The SMILES string of the molecule is Nc1nc(-c2cccc(NC(=O)Cc3ccccc3)c2)cs1. The van der Waals surface area contributed by atoms with Gasteiger partial charge in [0.2, 0.25) is 5.91 Å². The number of aromatic nitrogens is 1. The summed E-state index contributed by atoms with van der Waals surface area (Å²) in [7, 11) is 0. The molecule has 0 aliphatic rings. The lowest BCUT2D eigenvalue weighted by Gasteiger charge is -2.07. The third kappa shape index (κ3) is 3.51. The number of nitrogens with one attached hydrogen (secondary N) is 1. The van der Waals surface area contributed by atoms with Gasteiger partial charge in [-0.05, 0) is 17.7 Å². The highest BCUT2D eigenvalue weighted by molar-refractivity contribution is 7.13. The third-order valence-electron chi connectivity index (χ3n) is 3.17. The van der Waals surface area contributed by atoms with Crippen LogP contribution in [0.15, 0.2) is 60.0 Å². The first-order chi connectivity index (χ1) is 10.7. The van der Waals surface area contributed by atoms with Crippen LogP contribution >= 0.6 is 11.3 Å². The van der Waals surface area contributed by atoms with Gasteiger partial charge in [-0.2, -0.15) is 0 Å². The van der Waals surface area contributed by atoms with Crippen LogP contribution < -0.4 is 11.1 Å². The lowest BCUT2D eigenvalue weighted by Crippen LogP contribution is -2.14. The molecule has 0 atom stereocenters. The van der Waals surface area contributed by atoms with Crippen molar-refractivity contribution in [1.29, 1.82) is 0 Å². The van der Waals surface area contributed by atoms with E-state index in [0.29, 0.717) is 11.6 Å². The summed E-state index contributed by atoms with van der Waals surface area (Å²) in [5, 5.41) is 5.35. The number of nitrogens with two attached hydrogens (primary N) is 1. The largest absolute Gasteiger partial charge is 0.375 e. The fourth-order valence-electron chi connectivity index (χ4n) is 2.16. The summed E-state index contributed by atoms with van der Waals surface area (Å²) in [6.45, 7) is 0. The molecule has 0 aliphatic heterocycles. The second-order valence-corrected chi connectivity index (χ2v) is 5.75. The molecule has 0 saturated heterocycles. The number of amides is 1. The van der Waals surface area contributed by atoms with Gasteiger partial charge in [0.1, 0.15) is 0 Å². The van der Waals surface area contributed by atoms with Gasteiger partial charge < -0.3 is 11.1 Å². The molecule has 110 valence electrons. The zero-order valence-corrected chi connectivity index (χ0v) is 12.6. The van der Waals surface area contributed by atoms with Crippen molar-refractivity contribution in [1.82, 2.24) is 4.98 Å². The molecule has 0 spiro atoms. The summed E-state index contributed by atoms with van der Waals surface area (Å²) in [6.07, 6.45) is 0.356. The molecule has 0 aliphatic carbocycles. The number of hydrogen-bond donors (Lipinski definition) is 2. The first kappa shape index (κ1) is 14.3. The van der Waals surface area contributed by atoms with Gasteiger partial charge >= 0.3 is 0 Å². The number of rotatable bonds is 4. The van der Waals surface area contributed by atoms with Gasteiger partial charge in [0.25, 0.3) is 0 Å². The van der Waals surface area contributed by atoms with E-state index in [1.807, 2.05) is 60.0 Å². The van der Waals surface area contributed by atoms with Crippen LogP contribution in [0.2, 0.25) is 0 Å². The third-order valence-corrected chi connectivity index (χ3v) is 3.85. The molecular weight excluding hydrogens is 294 g/mol. The van der Waals surface area contributed by atoms with Crippen LogP contribution in [0.25, 0.3) is 11.3 Å². The van der Waals surface area contributed by atoms with Crippen molar-refractivity contribution < 1.29 is 4.79 Å². The quantitative estimate of drug-likeness (QED) is 0.774. The minimum atomic E-state index is -0.0406. The molecule has 4 nitrogen and oxygen atoms in total. The van der Waals surface area contributed by atoms with Gasteiger partial charge in [-0.3, -0.25) is 4.79 Å². The van der Waals surface area contributed by atoms with Crippen LogP contribution in [0.1, 0.15) is 5.56 Å². The molecule has 3 aromatic rings. The van der Waals surface area contributed by atoms with E-state index in [4.69, 9.17) is 5.73 Å². The van der Waals surface area contributed by atoms with E-state index in [2.05, 4.69) is 10.3 Å². The second kappa shape index (κ2) is 6.41. The van der Waals surface area contributed by atoms with Crippen molar-refractivity contribution in [3.05, 3.63) is 65.5 Å². The van der Waals surface area contributed by atoms with Crippen molar-refractivity contribution in [3.63, 3.8) is 0 Å². The Morgan fingerprint density at radius 1 is 1.14 bits per heavy atom. The minimum absolute atomic E-state index is 0.0406. The Morgan fingerprint density at radius 2 is 1.95 bits per heavy atom. The highest BCUT2D eigenvalue weighted by atomic mass is 32.1. The molecule has 1 heterocycles. The van der Waals surface area contributed by atoms with E-state index < -0.39 is 0 Å². The second-order valence-electron chi connectivity index (χ2n) is 4.86. The molecule has 0 fully saturated rings. The molecule has 2 aromatic carbocycles. The molecule has 1 amide bonds. The van der Waals surface area contributed by atoms with Gasteiger partial charge in [-0.25, -0.2) is 4.98 Å². The molecule has 0 bridgehead atoms. The Labute approximate surface area is 132 Å². The monoisotopic (exact) mass is 309 g/mol. The van der Waals surface area contributed by atoms with Gasteiger partial charge in [-0.1, -0.05) is 42.5 Å². The van der Waals surface area contributed by atoms with Crippen molar-refractivity contribution in [2.24, 2.45) is 0 Å². The zero-order chi connectivity index (χ0) is 15.4. The Kier molecular flexibility index (Phi) is 4.16. The smallest absolute Gasteiger partial charge is 0.228 e. The molecule has 0 radical (unpaired) electrons. The van der Waals surface area contributed by atoms with Crippen LogP contribution in [0.5, 0.6) is 0 Å². The Bertz CT molecular complexity index is 783. The van der Waals surface area contributed by atoms with Gasteiger partial charge in [0, 0.05) is 16.6 Å². The van der Waals surface area contributed by atoms with E-state index in [1.165, 1.54) is 11.3 Å². The number of nitrogen functional groups attached to an aromatic ring is 1. The fourth-order valence-corrected chi connectivity index (χ4v) is 2.74. The molecule has 3 rings (SSSR count). The van der Waals surface area contributed by atoms with Crippen LogP contribution in [-0.4, -0.2) is 10.9 Å². The normalized spacial score (nSPS) is 10.4. The average Bonchev–Trinajstić information content (AvgIpc) is 2.95. The maximum absolute atomic E-state index is 12.1. The lowest BCUT2D eigenvalue weighted by molar-refractivity contribution is -0.115. The first-order valence-electron chi connectivity index (χ1n) is 6.86. The van der Waals surface area contributed by atoms with Gasteiger partial charge in [0.15, 0.2) is 5.13 Å². The predicted molar refractivity (Wildman–Crippen MR) is 90.7 cm³/mol. The van der Waals surface area contributed by atoms with Crippen LogP contribution in [0, 0.1) is 0 Å². The Hall–Kier alpha value is -2.66. The van der Waals surface area contributed by atoms with Crippen molar-refractivity contribution in [2.75, 3.05) is 11.1 Å². The topological polar surface area (TPSA) is 68.0 Å².